The molecule has 0 aliphatic carbocycles. The summed E-state index contributed by atoms with van der Waals surface area (Å²) in [5.41, 5.74) is 2.48. The van der Waals surface area contributed by atoms with E-state index in [0.29, 0.717) is 36.1 Å². The van der Waals surface area contributed by atoms with Gasteiger partial charge in [0, 0.05) is 6.07 Å². The molecular weight excluding hydrogens is 446 g/mol. The number of hydrogen-bond acceptors (Lipinski definition) is 10. The van der Waals surface area contributed by atoms with Crippen molar-refractivity contribution in [3.05, 3.63) is 74.8 Å². The molecule has 34 heavy (non-hydrogen) atoms. The lowest BCUT2D eigenvalue weighted by molar-refractivity contribution is -0.395. The fourth-order valence-electron chi connectivity index (χ4n) is 3.64. The highest BCUT2D eigenvalue weighted by molar-refractivity contribution is 5.96. The van der Waals surface area contributed by atoms with E-state index in [9.17, 15) is 25.3 Å². The molecule has 2 N–H and O–H groups in total. The Morgan fingerprint density at radius 2 is 1.41 bits per heavy atom. The molecule has 0 amide bonds. The van der Waals surface area contributed by atoms with Gasteiger partial charge in [-0.3, -0.25) is 25.7 Å². The minimum Gasteiger partial charge on any atom is -0.497 e. The monoisotopic (exact) mass is 467 g/mol. The quantitative estimate of drug-likeness (QED) is 0.266. The molecule has 12 nitrogen and oxygen atoms in total. The van der Waals surface area contributed by atoms with Gasteiger partial charge in [-0.05, 0) is 62.4 Å². The maximum absolute atomic E-state index is 11.9. The molecule has 1 heterocycles. The zero-order chi connectivity index (χ0) is 24.4. The van der Waals surface area contributed by atoms with E-state index in [2.05, 4.69) is 5.43 Å². The van der Waals surface area contributed by atoms with Gasteiger partial charge in [-0.15, -0.1) is 0 Å². The first-order chi connectivity index (χ1) is 16.3. The van der Waals surface area contributed by atoms with Crippen LogP contribution in [0, 0.1) is 20.2 Å². The SMILES string of the molecule is CCOc1ccc(N2Nc3cc([N+](=O)[O-])c(O)c([N+](=O)[O-])c3N2c2ccc(OCC)cc2)cc1. The summed E-state index contributed by atoms with van der Waals surface area (Å²) in [6, 6.07) is 14.7. The van der Waals surface area contributed by atoms with Crippen LogP contribution in [0.2, 0.25) is 0 Å². The molecule has 0 spiro atoms. The third-order valence-electron chi connectivity index (χ3n) is 5.03. The summed E-state index contributed by atoms with van der Waals surface area (Å²) in [5.74, 6) is 0.210. The van der Waals surface area contributed by atoms with Crippen molar-refractivity contribution in [3.63, 3.8) is 0 Å². The molecule has 3 aromatic rings. The second-order valence-electron chi connectivity index (χ2n) is 7.09. The van der Waals surface area contributed by atoms with Gasteiger partial charge in [0.15, 0.2) is 5.69 Å². The average Bonchev–Trinajstić information content (AvgIpc) is 3.18. The van der Waals surface area contributed by atoms with Gasteiger partial charge in [0.05, 0.1) is 40.1 Å². The molecular formula is C22H21N5O7. The number of rotatable bonds is 8. The van der Waals surface area contributed by atoms with Gasteiger partial charge in [0.1, 0.15) is 11.5 Å². The highest BCUT2D eigenvalue weighted by Gasteiger charge is 2.42. The number of hydrazine groups is 2. The second kappa shape index (κ2) is 9.02. The van der Waals surface area contributed by atoms with Gasteiger partial charge in [-0.2, -0.15) is 5.12 Å². The number of phenols is 1. The topological polar surface area (TPSA) is 143 Å². The van der Waals surface area contributed by atoms with Crippen LogP contribution in [0.3, 0.4) is 0 Å². The van der Waals surface area contributed by atoms with Crippen molar-refractivity contribution in [2.24, 2.45) is 0 Å². The number of fused-ring (bicyclic) bond motifs is 1. The lowest BCUT2D eigenvalue weighted by Gasteiger charge is -2.30. The molecule has 0 radical (unpaired) electrons. The summed E-state index contributed by atoms with van der Waals surface area (Å²) in [7, 11) is 0. The van der Waals surface area contributed by atoms with Crippen molar-refractivity contribution in [1.82, 2.24) is 0 Å². The minimum atomic E-state index is -1.03. The van der Waals surface area contributed by atoms with Crippen LogP contribution >= 0.6 is 0 Å². The second-order valence-corrected chi connectivity index (χ2v) is 7.09. The lowest BCUT2D eigenvalue weighted by Crippen LogP contribution is -2.38. The van der Waals surface area contributed by atoms with E-state index in [-0.39, 0.29) is 11.4 Å². The molecule has 0 unspecified atom stereocenters. The third kappa shape index (κ3) is 3.92. The standard InChI is InChI=1S/C22H21N5O7/c1-3-33-16-9-5-14(6-10-16)24-20-18(13-19(26(29)30)22(28)21(20)27(31)32)23-25(24)15-7-11-17(12-8-15)34-4-2/h5-13,23,28H,3-4H2,1-2H3. The van der Waals surface area contributed by atoms with Gasteiger partial charge < -0.3 is 14.6 Å². The van der Waals surface area contributed by atoms with Crippen molar-refractivity contribution >= 4 is 34.1 Å². The number of hydrogen-bond donors (Lipinski definition) is 2. The fraction of sp³-hybridized carbons (Fsp3) is 0.182. The van der Waals surface area contributed by atoms with Crippen LogP contribution in [0.5, 0.6) is 17.2 Å². The van der Waals surface area contributed by atoms with E-state index < -0.39 is 27.0 Å². The van der Waals surface area contributed by atoms with E-state index in [0.717, 1.165) is 6.07 Å². The molecule has 0 saturated carbocycles. The molecule has 0 atom stereocenters. The van der Waals surface area contributed by atoms with Crippen molar-refractivity contribution in [2.45, 2.75) is 13.8 Å². The Hall–Kier alpha value is -4.74. The van der Waals surface area contributed by atoms with Crippen LogP contribution in [0.1, 0.15) is 13.8 Å². The largest absolute Gasteiger partial charge is 0.497 e. The number of nitrogens with zero attached hydrogens (tertiary/aromatic N) is 4. The van der Waals surface area contributed by atoms with E-state index >= 15 is 0 Å². The lowest BCUT2D eigenvalue weighted by atomic mass is 10.1. The molecule has 4 rings (SSSR count). The highest BCUT2D eigenvalue weighted by Crippen LogP contribution is 2.53. The number of aromatic hydroxyl groups is 1. The summed E-state index contributed by atoms with van der Waals surface area (Å²) in [4.78, 5) is 21.7. The Bertz CT molecular complexity index is 1230. The van der Waals surface area contributed by atoms with Crippen LogP contribution < -0.4 is 25.0 Å². The Kier molecular flexibility index (Phi) is 5.95. The molecule has 0 fully saturated rings. The van der Waals surface area contributed by atoms with Crippen LogP contribution in [0.15, 0.2) is 54.6 Å². The number of nitrogens with one attached hydrogen (secondary N) is 1. The Balaban J connectivity index is 1.90. The number of anilines is 4. The Morgan fingerprint density at radius 1 is 0.882 bits per heavy atom. The third-order valence-corrected chi connectivity index (χ3v) is 5.03. The smallest absolute Gasteiger partial charge is 0.345 e. The van der Waals surface area contributed by atoms with Gasteiger partial charge in [0.2, 0.25) is 0 Å². The first-order valence-corrected chi connectivity index (χ1v) is 10.4. The number of nitro groups is 2. The Labute approximate surface area is 193 Å². The van der Waals surface area contributed by atoms with Crippen molar-refractivity contribution in [3.8, 4) is 17.2 Å². The summed E-state index contributed by atoms with van der Waals surface area (Å²) >= 11 is 0. The predicted octanol–water partition coefficient (Wildman–Crippen LogP) is 4.91. The van der Waals surface area contributed by atoms with Crippen LogP contribution in [0.25, 0.3) is 0 Å². The molecule has 1 aliphatic heterocycles. The van der Waals surface area contributed by atoms with Crippen LogP contribution in [-0.2, 0) is 0 Å². The molecule has 176 valence electrons. The van der Waals surface area contributed by atoms with Gasteiger partial charge in [-0.1, -0.05) is 0 Å². The average molecular weight is 467 g/mol. The zero-order valence-electron chi connectivity index (χ0n) is 18.3. The fourth-order valence-corrected chi connectivity index (χ4v) is 3.64. The number of nitro benzene ring substituents is 2. The molecule has 1 aliphatic rings. The zero-order valence-corrected chi connectivity index (χ0v) is 18.3. The molecule has 12 heteroatoms. The van der Waals surface area contributed by atoms with Crippen molar-refractivity contribution < 1.29 is 24.4 Å². The summed E-state index contributed by atoms with van der Waals surface area (Å²) in [6.45, 7) is 4.66. The van der Waals surface area contributed by atoms with E-state index in [1.807, 2.05) is 13.8 Å². The van der Waals surface area contributed by atoms with Crippen molar-refractivity contribution in [1.29, 1.82) is 0 Å². The van der Waals surface area contributed by atoms with Crippen LogP contribution in [0.4, 0.5) is 34.1 Å². The summed E-state index contributed by atoms with van der Waals surface area (Å²) in [6.07, 6.45) is 0. The molecule has 0 bridgehead atoms. The van der Waals surface area contributed by atoms with Gasteiger partial charge in [-0.25, -0.2) is 5.01 Å². The van der Waals surface area contributed by atoms with E-state index in [4.69, 9.17) is 9.47 Å². The van der Waals surface area contributed by atoms with E-state index in [1.165, 1.54) is 10.1 Å². The molecule has 3 aromatic carbocycles. The number of ether oxygens (including phenoxy) is 2. The highest BCUT2D eigenvalue weighted by atomic mass is 16.6. The first kappa shape index (κ1) is 22.5. The predicted molar refractivity (Wildman–Crippen MR) is 125 cm³/mol. The number of benzene rings is 3. The Morgan fingerprint density at radius 3 is 1.88 bits per heavy atom. The number of phenolic OH excluding ortho intramolecular Hbond substituents is 1. The van der Waals surface area contributed by atoms with Crippen molar-refractivity contribution in [2.75, 3.05) is 28.8 Å². The summed E-state index contributed by atoms with van der Waals surface area (Å²) < 4.78 is 11.0. The normalized spacial score (nSPS) is 12.2. The van der Waals surface area contributed by atoms with Gasteiger partial charge >= 0.3 is 11.4 Å². The minimum absolute atomic E-state index is 0.0499. The maximum Gasteiger partial charge on any atom is 0.345 e. The summed E-state index contributed by atoms with van der Waals surface area (Å²) in [5, 5.41) is 36.8. The maximum atomic E-state index is 11.9. The van der Waals surface area contributed by atoms with Crippen LogP contribution in [-0.4, -0.2) is 28.2 Å². The first-order valence-electron chi connectivity index (χ1n) is 10.4. The molecule has 0 saturated heterocycles. The molecule has 0 aromatic heterocycles. The van der Waals surface area contributed by atoms with Gasteiger partial charge in [0.25, 0.3) is 5.75 Å². The van der Waals surface area contributed by atoms with E-state index in [1.54, 1.807) is 48.5 Å².